The summed E-state index contributed by atoms with van der Waals surface area (Å²) >= 11 is 0. The summed E-state index contributed by atoms with van der Waals surface area (Å²) in [7, 11) is -0.0626. The van der Waals surface area contributed by atoms with Gasteiger partial charge < -0.3 is 5.73 Å². The number of hydrogen-bond donors (Lipinski definition) is 2. The number of nitrogens with one attached hydrogen (secondary N) is 1. The zero-order valence-electron chi connectivity index (χ0n) is 9.31. The summed E-state index contributed by atoms with van der Waals surface area (Å²) < 4.78 is 25.0. The van der Waals surface area contributed by atoms with Gasteiger partial charge in [-0.25, -0.2) is 5.01 Å². The SMILES string of the molecule is CN(C)NS(=O)(=O)N1CCCC(CN)C1. The lowest BCUT2D eigenvalue weighted by Gasteiger charge is -2.31. The van der Waals surface area contributed by atoms with Crippen molar-refractivity contribution in [1.82, 2.24) is 14.1 Å². The number of rotatable bonds is 4. The molecule has 90 valence electrons. The van der Waals surface area contributed by atoms with Crippen LogP contribution in [0.2, 0.25) is 0 Å². The van der Waals surface area contributed by atoms with E-state index in [0.29, 0.717) is 19.6 Å². The fourth-order valence-corrected chi connectivity index (χ4v) is 3.08. The summed E-state index contributed by atoms with van der Waals surface area (Å²) in [5, 5.41) is 1.43. The van der Waals surface area contributed by atoms with Crippen LogP contribution in [0.15, 0.2) is 0 Å². The van der Waals surface area contributed by atoms with E-state index in [-0.39, 0.29) is 5.92 Å². The van der Waals surface area contributed by atoms with Crippen molar-refractivity contribution in [3.05, 3.63) is 0 Å². The molecule has 1 unspecified atom stereocenters. The molecule has 0 aromatic heterocycles. The van der Waals surface area contributed by atoms with Crippen LogP contribution < -0.4 is 10.6 Å². The Morgan fingerprint density at radius 2 is 2.20 bits per heavy atom. The first-order valence-corrected chi connectivity index (χ1v) is 6.54. The molecule has 1 saturated heterocycles. The molecule has 1 atom stereocenters. The van der Waals surface area contributed by atoms with Gasteiger partial charge >= 0.3 is 0 Å². The van der Waals surface area contributed by atoms with Crippen LogP contribution in [0.4, 0.5) is 0 Å². The van der Waals surface area contributed by atoms with Gasteiger partial charge in [0, 0.05) is 27.2 Å². The Kier molecular flexibility index (Phi) is 4.47. The minimum Gasteiger partial charge on any atom is -0.330 e. The first-order chi connectivity index (χ1) is 6.95. The lowest BCUT2D eigenvalue weighted by atomic mass is 10.0. The zero-order chi connectivity index (χ0) is 11.5. The Labute approximate surface area is 91.6 Å². The molecule has 0 amide bonds. The Hall–Kier alpha value is -0.210. The maximum atomic E-state index is 11.8. The summed E-state index contributed by atoms with van der Waals surface area (Å²) in [6.07, 6.45) is 1.90. The van der Waals surface area contributed by atoms with E-state index in [1.807, 2.05) is 0 Å². The van der Waals surface area contributed by atoms with Gasteiger partial charge in [-0.05, 0) is 25.3 Å². The number of nitrogens with two attached hydrogens (primary N) is 1. The van der Waals surface area contributed by atoms with E-state index in [4.69, 9.17) is 5.73 Å². The van der Waals surface area contributed by atoms with Gasteiger partial charge in [0.1, 0.15) is 0 Å². The van der Waals surface area contributed by atoms with Gasteiger partial charge in [0.05, 0.1) is 0 Å². The van der Waals surface area contributed by atoms with E-state index < -0.39 is 10.2 Å². The van der Waals surface area contributed by atoms with Crippen LogP contribution in [0, 0.1) is 5.92 Å². The molecular weight excluding hydrogens is 216 g/mol. The van der Waals surface area contributed by atoms with Crippen LogP contribution in [-0.2, 0) is 10.2 Å². The third kappa shape index (κ3) is 3.69. The number of hydrazine groups is 1. The molecule has 1 rings (SSSR count). The quantitative estimate of drug-likeness (QED) is 0.612. The molecule has 1 heterocycles. The fraction of sp³-hybridized carbons (Fsp3) is 1.00. The summed E-state index contributed by atoms with van der Waals surface area (Å²) in [5.41, 5.74) is 5.56. The van der Waals surface area contributed by atoms with Gasteiger partial charge in [0.25, 0.3) is 10.2 Å². The van der Waals surface area contributed by atoms with Crippen LogP contribution in [0.5, 0.6) is 0 Å². The largest absolute Gasteiger partial charge is 0.330 e. The van der Waals surface area contributed by atoms with Gasteiger partial charge in [0.2, 0.25) is 0 Å². The number of nitrogens with zero attached hydrogens (tertiary/aromatic N) is 2. The molecule has 15 heavy (non-hydrogen) atoms. The van der Waals surface area contributed by atoms with Gasteiger partial charge in [0.15, 0.2) is 0 Å². The molecule has 0 aromatic carbocycles. The van der Waals surface area contributed by atoms with Crippen molar-refractivity contribution in [2.24, 2.45) is 11.7 Å². The summed E-state index contributed by atoms with van der Waals surface area (Å²) in [5.74, 6) is 0.289. The number of piperidine rings is 1. The van der Waals surface area contributed by atoms with Crippen LogP contribution in [0.3, 0.4) is 0 Å². The van der Waals surface area contributed by atoms with E-state index in [1.165, 1.54) is 9.31 Å². The second-order valence-corrected chi connectivity index (χ2v) is 5.74. The highest BCUT2D eigenvalue weighted by atomic mass is 32.2. The maximum Gasteiger partial charge on any atom is 0.292 e. The highest BCUT2D eigenvalue weighted by molar-refractivity contribution is 7.87. The second-order valence-electron chi connectivity index (χ2n) is 4.09. The second kappa shape index (κ2) is 5.22. The van der Waals surface area contributed by atoms with Crippen LogP contribution in [-0.4, -0.2) is 51.5 Å². The Balaban J connectivity index is 2.62. The molecule has 3 N–H and O–H groups in total. The van der Waals surface area contributed by atoms with Crippen molar-refractivity contribution < 1.29 is 8.42 Å². The minimum atomic E-state index is -3.37. The smallest absolute Gasteiger partial charge is 0.292 e. The Bertz CT molecular complexity index is 291. The molecule has 0 bridgehead atoms. The molecule has 7 heteroatoms. The Morgan fingerprint density at radius 3 is 2.73 bits per heavy atom. The molecule has 0 spiro atoms. The van der Waals surface area contributed by atoms with Gasteiger partial charge in [-0.15, -0.1) is 4.83 Å². The minimum absolute atomic E-state index is 0.289. The van der Waals surface area contributed by atoms with Crippen molar-refractivity contribution in [2.75, 3.05) is 33.7 Å². The fourth-order valence-electron chi connectivity index (χ4n) is 1.73. The molecule has 0 radical (unpaired) electrons. The third-order valence-electron chi connectivity index (χ3n) is 2.45. The van der Waals surface area contributed by atoms with E-state index in [0.717, 1.165) is 12.8 Å². The normalized spacial score (nSPS) is 24.7. The van der Waals surface area contributed by atoms with E-state index in [9.17, 15) is 8.42 Å². The highest BCUT2D eigenvalue weighted by Crippen LogP contribution is 2.17. The Morgan fingerprint density at radius 1 is 1.53 bits per heavy atom. The van der Waals surface area contributed by atoms with Gasteiger partial charge in [-0.2, -0.15) is 12.7 Å². The molecule has 0 saturated carbocycles. The monoisotopic (exact) mass is 236 g/mol. The average Bonchev–Trinajstić information content (AvgIpc) is 2.16. The van der Waals surface area contributed by atoms with E-state index >= 15 is 0 Å². The van der Waals surface area contributed by atoms with Crippen molar-refractivity contribution in [3.63, 3.8) is 0 Å². The van der Waals surface area contributed by atoms with Crippen LogP contribution >= 0.6 is 0 Å². The van der Waals surface area contributed by atoms with Crippen molar-refractivity contribution in [3.8, 4) is 0 Å². The van der Waals surface area contributed by atoms with Crippen LogP contribution in [0.25, 0.3) is 0 Å². The molecule has 0 aliphatic carbocycles. The van der Waals surface area contributed by atoms with Crippen LogP contribution in [0.1, 0.15) is 12.8 Å². The van der Waals surface area contributed by atoms with Crippen molar-refractivity contribution in [2.45, 2.75) is 12.8 Å². The predicted molar refractivity (Wildman–Crippen MR) is 59.1 cm³/mol. The molecule has 1 fully saturated rings. The lowest BCUT2D eigenvalue weighted by Crippen LogP contribution is -2.50. The van der Waals surface area contributed by atoms with Gasteiger partial charge in [-0.3, -0.25) is 0 Å². The van der Waals surface area contributed by atoms with Crippen molar-refractivity contribution in [1.29, 1.82) is 0 Å². The average molecular weight is 236 g/mol. The van der Waals surface area contributed by atoms with Gasteiger partial charge in [-0.1, -0.05) is 0 Å². The number of hydrogen-bond acceptors (Lipinski definition) is 4. The first-order valence-electron chi connectivity index (χ1n) is 5.10. The predicted octanol–water partition coefficient (Wildman–Crippen LogP) is -1.03. The molecule has 1 aliphatic heterocycles. The maximum absolute atomic E-state index is 11.8. The molecular formula is C8H20N4O2S. The summed E-state index contributed by atoms with van der Waals surface area (Å²) in [6.45, 7) is 1.66. The molecule has 1 aliphatic rings. The summed E-state index contributed by atoms with van der Waals surface area (Å²) in [6, 6.07) is 0. The van der Waals surface area contributed by atoms with E-state index in [1.54, 1.807) is 14.1 Å². The highest BCUT2D eigenvalue weighted by Gasteiger charge is 2.28. The zero-order valence-corrected chi connectivity index (χ0v) is 10.1. The topological polar surface area (TPSA) is 78.7 Å². The first kappa shape index (κ1) is 12.9. The lowest BCUT2D eigenvalue weighted by molar-refractivity contribution is 0.254. The third-order valence-corrected chi connectivity index (χ3v) is 4.06. The molecule has 6 nitrogen and oxygen atoms in total. The molecule has 0 aromatic rings. The summed E-state index contributed by atoms with van der Waals surface area (Å²) in [4.78, 5) is 2.42. The standard InChI is InChI=1S/C8H20N4O2S/c1-11(2)10-15(13,14)12-5-3-4-8(6-9)7-12/h8,10H,3-7,9H2,1-2H3. The van der Waals surface area contributed by atoms with E-state index in [2.05, 4.69) is 4.83 Å². The van der Waals surface area contributed by atoms with Crippen molar-refractivity contribution >= 4 is 10.2 Å².